The van der Waals surface area contributed by atoms with E-state index in [0.29, 0.717) is 10.6 Å². The summed E-state index contributed by atoms with van der Waals surface area (Å²) in [4.78, 5) is 0.654. The topological polar surface area (TPSA) is 42.7 Å². The summed E-state index contributed by atoms with van der Waals surface area (Å²) in [6.07, 6.45) is 0. The number of rotatable bonds is 6. The lowest BCUT2D eigenvalue weighted by atomic mass is 10.2. The molecule has 0 aliphatic rings. The molecule has 0 spiro atoms. The highest BCUT2D eigenvalue weighted by atomic mass is 79.9. The number of aryl methyl sites for hydroxylation is 1. The number of thioether (sulfide) groups is 1. The van der Waals surface area contributed by atoms with Gasteiger partial charge in [0.15, 0.2) is 4.60 Å². The highest BCUT2D eigenvalue weighted by molar-refractivity contribution is 9.10. The molecule has 0 aliphatic carbocycles. The molecule has 0 bridgehead atoms. The number of aromatic nitrogens is 3. The Hall–Kier alpha value is -0.920. The first-order chi connectivity index (χ1) is 9.63. The fraction of sp³-hybridized carbons (Fsp3) is 0.385. The van der Waals surface area contributed by atoms with E-state index in [1.54, 1.807) is 16.8 Å². The molecule has 1 heterocycles. The minimum absolute atomic E-state index is 0.0546. The molecule has 0 aliphatic heterocycles. The maximum atomic E-state index is 13.6. The monoisotopic (exact) mass is 358 g/mol. The van der Waals surface area contributed by atoms with Gasteiger partial charge in [0, 0.05) is 17.7 Å². The van der Waals surface area contributed by atoms with Crippen LogP contribution < -0.4 is 5.32 Å². The highest BCUT2D eigenvalue weighted by Gasteiger charge is 2.20. The summed E-state index contributed by atoms with van der Waals surface area (Å²) < 4.78 is 16.1. The summed E-state index contributed by atoms with van der Waals surface area (Å²) in [7, 11) is 1.85. The first-order valence-electron chi connectivity index (χ1n) is 6.29. The second-order valence-electron chi connectivity index (χ2n) is 4.24. The van der Waals surface area contributed by atoms with Gasteiger partial charge in [-0.15, -0.1) is 16.9 Å². The molecule has 0 saturated carbocycles. The van der Waals surface area contributed by atoms with Gasteiger partial charge in [0.2, 0.25) is 0 Å². The molecule has 1 aromatic heterocycles. The van der Waals surface area contributed by atoms with Crippen molar-refractivity contribution in [2.75, 3.05) is 12.3 Å². The Bertz CT molecular complexity index is 556. The van der Waals surface area contributed by atoms with E-state index in [1.165, 1.54) is 17.8 Å². The minimum atomic E-state index is -0.185. The van der Waals surface area contributed by atoms with Gasteiger partial charge in [0.05, 0.1) is 11.7 Å². The van der Waals surface area contributed by atoms with Crippen LogP contribution in [0.3, 0.4) is 0 Å². The molecule has 0 saturated heterocycles. The normalized spacial score (nSPS) is 12.6. The second kappa shape index (κ2) is 7.19. The molecule has 0 fully saturated rings. The van der Waals surface area contributed by atoms with Crippen LogP contribution in [0.2, 0.25) is 0 Å². The van der Waals surface area contributed by atoms with Gasteiger partial charge < -0.3 is 5.32 Å². The van der Waals surface area contributed by atoms with Crippen molar-refractivity contribution in [3.8, 4) is 0 Å². The number of benzene rings is 1. The van der Waals surface area contributed by atoms with E-state index in [0.717, 1.165) is 16.8 Å². The lowest BCUT2D eigenvalue weighted by Crippen LogP contribution is -2.25. The van der Waals surface area contributed by atoms with Crippen LogP contribution in [0.25, 0.3) is 0 Å². The summed E-state index contributed by atoms with van der Waals surface area (Å²) in [5.41, 5.74) is 0.968. The van der Waals surface area contributed by atoms with Crippen LogP contribution in [0.4, 0.5) is 4.39 Å². The number of nitrogens with zero attached hydrogens (tertiary/aromatic N) is 3. The summed E-state index contributed by atoms with van der Waals surface area (Å²) in [6.45, 7) is 2.86. The van der Waals surface area contributed by atoms with E-state index in [4.69, 9.17) is 0 Å². The number of halogens is 2. The van der Waals surface area contributed by atoms with E-state index in [2.05, 4.69) is 31.6 Å². The minimum Gasteiger partial charge on any atom is -0.308 e. The van der Waals surface area contributed by atoms with Crippen LogP contribution in [0, 0.1) is 5.82 Å². The SMILES string of the molecule is CCNC(CSc1ccccc1F)c1c(Br)nnn1C. The van der Waals surface area contributed by atoms with Gasteiger partial charge in [-0.2, -0.15) is 0 Å². The standard InChI is InChI=1S/C13H16BrFN4S/c1-3-16-10(12-13(14)17-18-19(12)2)8-20-11-7-5-4-6-9(11)15/h4-7,10,16H,3,8H2,1-2H3. The molecular weight excluding hydrogens is 343 g/mol. The molecule has 0 radical (unpaired) electrons. The Morgan fingerprint density at radius 1 is 1.45 bits per heavy atom. The first-order valence-corrected chi connectivity index (χ1v) is 8.07. The van der Waals surface area contributed by atoms with Crippen LogP contribution in [-0.4, -0.2) is 27.3 Å². The predicted molar refractivity (Wildman–Crippen MR) is 82.2 cm³/mol. The zero-order valence-electron chi connectivity index (χ0n) is 11.3. The van der Waals surface area contributed by atoms with Crippen molar-refractivity contribution in [2.24, 2.45) is 7.05 Å². The van der Waals surface area contributed by atoms with Crippen LogP contribution >= 0.6 is 27.7 Å². The zero-order valence-corrected chi connectivity index (χ0v) is 13.7. The largest absolute Gasteiger partial charge is 0.308 e. The van der Waals surface area contributed by atoms with E-state index < -0.39 is 0 Å². The second-order valence-corrected chi connectivity index (χ2v) is 6.05. The quantitative estimate of drug-likeness (QED) is 0.805. The van der Waals surface area contributed by atoms with E-state index >= 15 is 0 Å². The molecule has 108 valence electrons. The number of hydrogen-bond donors (Lipinski definition) is 1. The van der Waals surface area contributed by atoms with Gasteiger partial charge in [-0.3, -0.25) is 0 Å². The van der Waals surface area contributed by atoms with Crippen LogP contribution in [0.15, 0.2) is 33.8 Å². The highest BCUT2D eigenvalue weighted by Crippen LogP contribution is 2.28. The van der Waals surface area contributed by atoms with Crippen LogP contribution in [0.5, 0.6) is 0 Å². The summed E-state index contributed by atoms with van der Waals surface area (Å²) >= 11 is 4.89. The molecule has 4 nitrogen and oxygen atoms in total. The van der Waals surface area contributed by atoms with E-state index in [-0.39, 0.29) is 11.9 Å². The maximum absolute atomic E-state index is 13.6. The van der Waals surface area contributed by atoms with Crippen molar-refractivity contribution in [1.82, 2.24) is 20.3 Å². The average Bonchev–Trinajstić information content (AvgIpc) is 2.76. The molecule has 1 atom stereocenters. The number of hydrogen-bond acceptors (Lipinski definition) is 4. The van der Waals surface area contributed by atoms with Gasteiger partial charge in [0.1, 0.15) is 5.82 Å². The van der Waals surface area contributed by atoms with Crippen molar-refractivity contribution in [2.45, 2.75) is 17.9 Å². The van der Waals surface area contributed by atoms with Crippen molar-refractivity contribution < 1.29 is 4.39 Å². The van der Waals surface area contributed by atoms with Crippen molar-refractivity contribution in [1.29, 1.82) is 0 Å². The molecule has 0 amide bonds. The van der Waals surface area contributed by atoms with E-state index in [1.807, 2.05) is 20.0 Å². The van der Waals surface area contributed by atoms with Gasteiger partial charge >= 0.3 is 0 Å². The molecule has 7 heteroatoms. The van der Waals surface area contributed by atoms with Crippen LogP contribution in [-0.2, 0) is 7.05 Å². The fourth-order valence-electron chi connectivity index (χ4n) is 1.92. The Kier molecular flexibility index (Phi) is 5.56. The third kappa shape index (κ3) is 3.59. The summed E-state index contributed by atoms with van der Waals surface area (Å²) in [6, 6.07) is 6.86. The molecule has 2 aromatic rings. The summed E-state index contributed by atoms with van der Waals surface area (Å²) in [5.74, 6) is 0.518. The Labute approximate surface area is 130 Å². The Morgan fingerprint density at radius 3 is 2.80 bits per heavy atom. The van der Waals surface area contributed by atoms with Gasteiger partial charge in [-0.1, -0.05) is 24.3 Å². The van der Waals surface area contributed by atoms with Crippen molar-refractivity contribution in [3.05, 3.63) is 40.4 Å². The molecule has 1 unspecified atom stereocenters. The van der Waals surface area contributed by atoms with Gasteiger partial charge in [0.25, 0.3) is 0 Å². The zero-order chi connectivity index (χ0) is 14.5. The third-order valence-electron chi connectivity index (χ3n) is 2.85. The molecule has 1 N–H and O–H groups in total. The molecule has 2 rings (SSSR count). The van der Waals surface area contributed by atoms with Crippen LogP contribution in [0.1, 0.15) is 18.7 Å². The molecule has 20 heavy (non-hydrogen) atoms. The Balaban J connectivity index is 2.13. The number of nitrogens with one attached hydrogen (secondary N) is 1. The first kappa shape index (κ1) is 15.5. The Morgan fingerprint density at radius 2 is 2.20 bits per heavy atom. The fourth-order valence-corrected chi connectivity index (χ4v) is 3.53. The molecule has 1 aromatic carbocycles. The lowest BCUT2D eigenvalue weighted by molar-refractivity contribution is 0.547. The van der Waals surface area contributed by atoms with E-state index in [9.17, 15) is 4.39 Å². The molecular formula is C13H16BrFN4S. The third-order valence-corrected chi connectivity index (χ3v) is 4.56. The van der Waals surface area contributed by atoms with Gasteiger partial charge in [-0.25, -0.2) is 9.07 Å². The van der Waals surface area contributed by atoms with Gasteiger partial charge in [-0.05, 0) is 34.6 Å². The predicted octanol–water partition coefficient (Wildman–Crippen LogP) is 3.16. The lowest BCUT2D eigenvalue weighted by Gasteiger charge is -2.18. The average molecular weight is 359 g/mol. The summed E-state index contributed by atoms with van der Waals surface area (Å²) in [5, 5.41) is 11.4. The maximum Gasteiger partial charge on any atom is 0.153 e. The van der Waals surface area contributed by atoms with Crippen molar-refractivity contribution >= 4 is 27.7 Å². The van der Waals surface area contributed by atoms with Crippen molar-refractivity contribution in [3.63, 3.8) is 0 Å². The smallest absolute Gasteiger partial charge is 0.153 e.